The van der Waals surface area contributed by atoms with Gasteiger partial charge in [0.2, 0.25) is 0 Å². The van der Waals surface area contributed by atoms with Gasteiger partial charge in [0.15, 0.2) is 0 Å². The Bertz CT molecular complexity index is 3640. The number of hydrogen-bond donors (Lipinski definition) is 0. The molecule has 300 valence electrons. The standard InChI is InChI=1S/C62H42N2/c1-4-16-43(17-5-1)49-33-38-60(58(41-49)50-29-28-44-18-10-11-22-48(44)40-50)63(51-23-8-3-9-24-51)52-34-30-47(31-35-52)54-37-36-53(42-57(54)45-19-6-2-7-20-45)64-59-27-15-14-26-56(59)62-55-25-13-12-21-46(55)32-39-61(62)64/h1-42H. The van der Waals surface area contributed by atoms with Crippen molar-refractivity contribution in [2.45, 2.75) is 0 Å². The molecule has 0 atom stereocenters. The number of fused-ring (bicyclic) bond motifs is 6. The smallest absolute Gasteiger partial charge is 0.0547 e. The summed E-state index contributed by atoms with van der Waals surface area (Å²) in [6.07, 6.45) is 0. The predicted octanol–water partition coefficient (Wildman–Crippen LogP) is 17.2. The molecule has 1 heterocycles. The summed E-state index contributed by atoms with van der Waals surface area (Å²) in [6.45, 7) is 0. The van der Waals surface area contributed by atoms with Gasteiger partial charge in [0.25, 0.3) is 0 Å². The van der Waals surface area contributed by atoms with Crippen molar-refractivity contribution < 1.29 is 0 Å². The summed E-state index contributed by atoms with van der Waals surface area (Å²) in [5.74, 6) is 0. The van der Waals surface area contributed by atoms with Gasteiger partial charge in [-0.1, -0.05) is 188 Å². The summed E-state index contributed by atoms with van der Waals surface area (Å²) < 4.78 is 2.43. The fraction of sp³-hybridized carbons (Fsp3) is 0. The highest BCUT2D eigenvalue weighted by molar-refractivity contribution is 6.21. The minimum Gasteiger partial charge on any atom is -0.310 e. The van der Waals surface area contributed by atoms with E-state index in [1.54, 1.807) is 0 Å². The summed E-state index contributed by atoms with van der Waals surface area (Å²) in [5, 5.41) is 7.53. The van der Waals surface area contributed by atoms with Crippen LogP contribution in [0.5, 0.6) is 0 Å². The van der Waals surface area contributed by atoms with Crippen LogP contribution in [0, 0.1) is 0 Å². The van der Waals surface area contributed by atoms with E-state index in [2.05, 4.69) is 264 Å². The van der Waals surface area contributed by atoms with Crippen molar-refractivity contribution in [1.82, 2.24) is 4.57 Å². The highest BCUT2D eigenvalue weighted by atomic mass is 15.1. The van der Waals surface area contributed by atoms with Crippen LogP contribution in [-0.2, 0) is 0 Å². The largest absolute Gasteiger partial charge is 0.310 e. The topological polar surface area (TPSA) is 8.17 Å². The normalized spacial score (nSPS) is 11.4. The Balaban J connectivity index is 1.01. The number of rotatable bonds is 8. The maximum Gasteiger partial charge on any atom is 0.0547 e. The first-order valence-corrected chi connectivity index (χ1v) is 22.0. The Hall–Kier alpha value is -8.46. The Morgan fingerprint density at radius 3 is 1.64 bits per heavy atom. The van der Waals surface area contributed by atoms with Crippen LogP contribution in [0.1, 0.15) is 0 Å². The second-order valence-electron chi connectivity index (χ2n) is 16.5. The Morgan fingerprint density at radius 2 is 0.859 bits per heavy atom. The molecule has 0 radical (unpaired) electrons. The van der Waals surface area contributed by atoms with E-state index in [-0.39, 0.29) is 0 Å². The molecule has 0 saturated carbocycles. The van der Waals surface area contributed by atoms with Crippen molar-refractivity contribution in [3.63, 3.8) is 0 Å². The van der Waals surface area contributed by atoms with E-state index >= 15 is 0 Å². The zero-order valence-corrected chi connectivity index (χ0v) is 35.1. The second-order valence-corrected chi connectivity index (χ2v) is 16.5. The lowest BCUT2D eigenvalue weighted by Gasteiger charge is -2.28. The molecule has 0 aliphatic heterocycles. The summed E-state index contributed by atoms with van der Waals surface area (Å²) >= 11 is 0. The Kier molecular flexibility index (Phi) is 9.20. The minimum atomic E-state index is 1.08. The number of hydrogen-bond acceptors (Lipinski definition) is 1. The van der Waals surface area contributed by atoms with E-state index < -0.39 is 0 Å². The molecule has 0 bridgehead atoms. The van der Waals surface area contributed by atoms with Gasteiger partial charge >= 0.3 is 0 Å². The van der Waals surface area contributed by atoms with Gasteiger partial charge in [-0.25, -0.2) is 0 Å². The van der Waals surface area contributed by atoms with Crippen LogP contribution in [0.3, 0.4) is 0 Å². The van der Waals surface area contributed by atoms with E-state index in [0.29, 0.717) is 0 Å². The van der Waals surface area contributed by atoms with Crippen molar-refractivity contribution in [3.05, 3.63) is 255 Å². The second kappa shape index (κ2) is 15.8. The first kappa shape index (κ1) is 37.3. The van der Waals surface area contributed by atoms with Gasteiger partial charge < -0.3 is 9.47 Å². The van der Waals surface area contributed by atoms with E-state index in [1.807, 2.05) is 0 Å². The van der Waals surface area contributed by atoms with Gasteiger partial charge in [-0.2, -0.15) is 0 Å². The molecule has 0 N–H and O–H groups in total. The molecule has 2 nitrogen and oxygen atoms in total. The molecule has 11 aromatic carbocycles. The highest BCUT2D eigenvalue weighted by Gasteiger charge is 2.21. The fourth-order valence-corrected chi connectivity index (χ4v) is 9.72. The molecule has 0 aliphatic carbocycles. The first-order valence-electron chi connectivity index (χ1n) is 22.0. The molecular weight excluding hydrogens is 773 g/mol. The zero-order chi connectivity index (χ0) is 42.4. The van der Waals surface area contributed by atoms with E-state index in [4.69, 9.17) is 0 Å². The highest BCUT2D eigenvalue weighted by Crippen LogP contribution is 2.45. The average Bonchev–Trinajstić information content (AvgIpc) is 3.72. The lowest BCUT2D eigenvalue weighted by atomic mass is 9.93. The molecule has 1 aromatic heterocycles. The number of para-hydroxylation sites is 2. The molecule has 64 heavy (non-hydrogen) atoms. The molecule has 2 heteroatoms. The Labute approximate surface area is 373 Å². The van der Waals surface area contributed by atoms with Crippen LogP contribution >= 0.6 is 0 Å². The van der Waals surface area contributed by atoms with E-state index in [0.717, 1.165) is 28.3 Å². The van der Waals surface area contributed by atoms with Gasteiger partial charge in [0, 0.05) is 33.4 Å². The summed E-state index contributed by atoms with van der Waals surface area (Å²) in [6, 6.07) is 92.7. The van der Waals surface area contributed by atoms with Crippen LogP contribution in [-0.4, -0.2) is 4.57 Å². The maximum atomic E-state index is 2.43. The van der Waals surface area contributed by atoms with Crippen LogP contribution in [0.25, 0.3) is 93.5 Å². The minimum absolute atomic E-state index is 1.08. The van der Waals surface area contributed by atoms with Gasteiger partial charge in [-0.15, -0.1) is 0 Å². The summed E-state index contributed by atoms with van der Waals surface area (Å²) in [7, 11) is 0. The quantitative estimate of drug-likeness (QED) is 0.148. The SMILES string of the molecule is c1ccc(-c2ccc(N(c3ccccc3)c3ccc(-c4ccc(-n5c6ccccc6c6c7ccccc7ccc65)cc4-c4ccccc4)cc3)c(-c3ccc4ccccc4c3)c2)cc1. The summed E-state index contributed by atoms with van der Waals surface area (Å²) in [4.78, 5) is 2.40. The van der Waals surface area contributed by atoms with Crippen LogP contribution in [0.15, 0.2) is 255 Å². The van der Waals surface area contributed by atoms with Gasteiger partial charge in [0.1, 0.15) is 0 Å². The van der Waals surface area contributed by atoms with Crippen LogP contribution < -0.4 is 4.90 Å². The molecule has 12 rings (SSSR count). The van der Waals surface area contributed by atoms with Gasteiger partial charge in [0.05, 0.1) is 16.7 Å². The monoisotopic (exact) mass is 814 g/mol. The van der Waals surface area contributed by atoms with E-state index in [1.165, 1.54) is 82.3 Å². The van der Waals surface area contributed by atoms with Crippen LogP contribution in [0.4, 0.5) is 17.1 Å². The molecule has 0 amide bonds. The third-order valence-corrected chi connectivity index (χ3v) is 12.8. The van der Waals surface area contributed by atoms with Gasteiger partial charge in [-0.05, 0) is 127 Å². The molecule has 0 saturated heterocycles. The molecule has 0 unspecified atom stereocenters. The number of benzene rings is 11. The van der Waals surface area contributed by atoms with Crippen molar-refractivity contribution >= 4 is 60.4 Å². The summed E-state index contributed by atoms with van der Waals surface area (Å²) in [5.41, 5.74) is 16.3. The molecule has 0 fully saturated rings. The van der Waals surface area contributed by atoms with Crippen molar-refractivity contribution in [2.24, 2.45) is 0 Å². The van der Waals surface area contributed by atoms with E-state index in [9.17, 15) is 0 Å². The first-order chi connectivity index (χ1) is 31.7. The van der Waals surface area contributed by atoms with Crippen molar-refractivity contribution in [1.29, 1.82) is 0 Å². The fourth-order valence-electron chi connectivity index (χ4n) is 9.72. The lowest BCUT2D eigenvalue weighted by Crippen LogP contribution is -2.11. The lowest BCUT2D eigenvalue weighted by molar-refractivity contribution is 1.18. The maximum absolute atomic E-state index is 2.43. The average molecular weight is 815 g/mol. The van der Waals surface area contributed by atoms with Crippen molar-refractivity contribution in [3.8, 4) is 50.2 Å². The zero-order valence-electron chi connectivity index (χ0n) is 35.1. The van der Waals surface area contributed by atoms with Crippen molar-refractivity contribution in [2.75, 3.05) is 4.90 Å². The predicted molar refractivity (Wildman–Crippen MR) is 272 cm³/mol. The number of nitrogens with zero attached hydrogens (tertiary/aromatic N) is 2. The van der Waals surface area contributed by atoms with Crippen LogP contribution in [0.2, 0.25) is 0 Å². The number of aromatic nitrogens is 1. The molecule has 0 spiro atoms. The molecular formula is C62H42N2. The molecule has 12 aromatic rings. The number of anilines is 3. The Morgan fingerprint density at radius 1 is 0.281 bits per heavy atom. The van der Waals surface area contributed by atoms with Gasteiger partial charge in [-0.3, -0.25) is 0 Å². The molecule has 0 aliphatic rings. The third kappa shape index (κ3) is 6.52. The third-order valence-electron chi connectivity index (χ3n) is 12.8.